The van der Waals surface area contributed by atoms with Crippen LogP contribution in [-0.4, -0.2) is 96.7 Å². The summed E-state index contributed by atoms with van der Waals surface area (Å²) in [5.74, 6) is -2.21. The number of allylic oxidation sites excluding steroid dienone is 14. The topological polar surface area (TPSA) is 237 Å². The molecule has 0 rings (SSSR count). The fourth-order valence-corrected chi connectivity index (χ4v) is 11.9. The maximum atomic E-state index is 13.1. The van der Waals surface area contributed by atoms with Gasteiger partial charge in [0.25, 0.3) is 0 Å². The first-order chi connectivity index (χ1) is 47.7. The van der Waals surface area contributed by atoms with Crippen molar-refractivity contribution in [2.24, 2.45) is 0 Å². The molecular weight excluding hydrogens is 1280 g/mol. The molecule has 0 amide bonds. The quantitative estimate of drug-likeness (QED) is 0.0169. The Hall–Kier alpha value is -3.76. The predicted molar refractivity (Wildman–Crippen MR) is 399 cm³/mol. The van der Waals surface area contributed by atoms with E-state index in [1.165, 1.54) is 83.5 Å². The number of phosphoric ester groups is 2. The third kappa shape index (κ3) is 70.7. The van der Waals surface area contributed by atoms with Gasteiger partial charge in [0.15, 0.2) is 12.2 Å². The number of phosphoric acid groups is 2. The van der Waals surface area contributed by atoms with Gasteiger partial charge in [-0.1, -0.05) is 248 Å². The minimum absolute atomic E-state index is 0.0767. The third-order valence-electron chi connectivity index (χ3n) is 16.3. The van der Waals surface area contributed by atoms with Gasteiger partial charge in [-0.05, 0) is 148 Å². The van der Waals surface area contributed by atoms with Crippen LogP contribution in [0.15, 0.2) is 85.1 Å². The smallest absolute Gasteiger partial charge is 0.462 e. The van der Waals surface area contributed by atoms with Crippen LogP contribution >= 0.6 is 15.6 Å². The summed E-state index contributed by atoms with van der Waals surface area (Å²) in [6, 6.07) is 0. The number of aliphatic hydroxyl groups is 1. The van der Waals surface area contributed by atoms with Gasteiger partial charge in [0, 0.05) is 25.7 Å². The van der Waals surface area contributed by atoms with Crippen LogP contribution in [0.3, 0.4) is 0 Å². The maximum absolute atomic E-state index is 13.1. The fourth-order valence-electron chi connectivity index (χ4n) is 10.3. The molecule has 17 nitrogen and oxygen atoms in total. The number of aliphatic hydroxyl groups excluding tert-OH is 1. The highest BCUT2D eigenvalue weighted by Gasteiger charge is 2.30. The second-order valence-corrected chi connectivity index (χ2v) is 28.8. The highest BCUT2D eigenvalue weighted by molar-refractivity contribution is 7.47. The van der Waals surface area contributed by atoms with Crippen molar-refractivity contribution in [3.05, 3.63) is 85.1 Å². The van der Waals surface area contributed by atoms with E-state index in [0.717, 1.165) is 173 Å². The lowest BCUT2D eigenvalue weighted by Gasteiger charge is -2.21. The summed E-state index contributed by atoms with van der Waals surface area (Å²) in [4.78, 5) is 72.9. The third-order valence-corrected chi connectivity index (χ3v) is 18.2. The normalized spacial score (nSPS) is 14.4. The Morgan fingerprint density at radius 3 is 0.786 bits per heavy atom. The molecule has 0 fully saturated rings. The van der Waals surface area contributed by atoms with E-state index in [1.54, 1.807) is 0 Å². The lowest BCUT2D eigenvalue weighted by molar-refractivity contribution is -0.161. The number of unbranched alkanes of at least 4 members (excludes halogenated alkanes) is 33. The van der Waals surface area contributed by atoms with Crippen molar-refractivity contribution in [1.82, 2.24) is 0 Å². The Bertz CT molecular complexity index is 2190. The molecule has 0 saturated carbocycles. The van der Waals surface area contributed by atoms with Crippen molar-refractivity contribution in [1.29, 1.82) is 0 Å². The summed E-state index contributed by atoms with van der Waals surface area (Å²) in [7, 11) is -9.96. The van der Waals surface area contributed by atoms with Gasteiger partial charge in [-0.25, -0.2) is 9.13 Å². The molecule has 2 unspecified atom stereocenters. The van der Waals surface area contributed by atoms with Crippen molar-refractivity contribution in [3.8, 4) is 0 Å². The molecule has 0 aromatic rings. The molecule has 0 aliphatic rings. The summed E-state index contributed by atoms with van der Waals surface area (Å²) in [5.41, 5.74) is 0. The number of ether oxygens (including phenoxy) is 4. The summed E-state index contributed by atoms with van der Waals surface area (Å²) in [5, 5.41) is 10.6. The van der Waals surface area contributed by atoms with Crippen LogP contribution in [0.1, 0.15) is 336 Å². The second-order valence-electron chi connectivity index (χ2n) is 25.9. The summed E-state index contributed by atoms with van der Waals surface area (Å²) >= 11 is 0. The van der Waals surface area contributed by atoms with E-state index in [4.69, 9.17) is 37.0 Å². The zero-order valence-corrected chi connectivity index (χ0v) is 63.7. The van der Waals surface area contributed by atoms with Crippen molar-refractivity contribution in [2.45, 2.75) is 354 Å². The first-order valence-corrected chi connectivity index (χ1v) is 41.8. The van der Waals surface area contributed by atoms with Gasteiger partial charge in [-0.2, -0.15) is 0 Å². The SMILES string of the molecule is CCCCC/C=C\C/C=C\CCCCCCCC(=O)OC[C@H](COP(=O)(O)OC[C@@H](O)COP(=O)(O)OC[C@@H](COC(=O)CCCCCCC/C=C\C/C=C\CCCCC)OC(=O)CCCCCCC/C=C\CCCCCC)OC(=O)CCCCCCC/C=C\C/C=C\CCCCC. The van der Waals surface area contributed by atoms with Crippen LogP contribution < -0.4 is 0 Å². The zero-order valence-electron chi connectivity index (χ0n) is 62.0. The molecule has 98 heavy (non-hydrogen) atoms. The summed E-state index contributed by atoms with van der Waals surface area (Å²) < 4.78 is 68.5. The van der Waals surface area contributed by atoms with Crippen LogP contribution in [0.5, 0.6) is 0 Å². The molecule has 0 heterocycles. The van der Waals surface area contributed by atoms with E-state index >= 15 is 0 Å². The minimum Gasteiger partial charge on any atom is -0.462 e. The fraction of sp³-hybridized carbons (Fsp3) is 0.772. The predicted octanol–water partition coefficient (Wildman–Crippen LogP) is 22.2. The van der Waals surface area contributed by atoms with Gasteiger partial charge in [-0.15, -0.1) is 0 Å². The lowest BCUT2D eigenvalue weighted by Crippen LogP contribution is -2.30. The van der Waals surface area contributed by atoms with Gasteiger partial charge in [0.2, 0.25) is 0 Å². The monoisotopic (exact) mass is 1420 g/mol. The van der Waals surface area contributed by atoms with Crippen LogP contribution in [-0.2, 0) is 65.4 Å². The van der Waals surface area contributed by atoms with Gasteiger partial charge in [0.1, 0.15) is 19.3 Å². The molecule has 0 aliphatic heterocycles. The van der Waals surface area contributed by atoms with E-state index in [2.05, 4.69) is 113 Å². The molecule has 0 aromatic heterocycles. The van der Waals surface area contributed by atoms with Crippen molar-refractivity contribution >= 4 is 39.5 Å². The average molecular weight is 1420 g/mol. The number of carbonyl (C=O) groups excluding carboxylic acids is 4. The molecule has 0 bridgehead atoms. The summed E-state index contributed by atoms with van der Waals surface area (Å²) in [6.07, 6.45) is 72.7. The Morgan fingerprint density at radius 1 is 0.286 bits per heavy atom. The number of carbonyl (C=O) groups is 4. The number of rotatable bonds is 73. The molecule has 19 heteroatoms. The molecule has 0 radical (unpaired) electrons. The van der Waals surface area contributed by atoms with Crippen molar-refractivity contribution < 1.29 is 80.2 Å². The lowest BCUT2D eigenvalue weighted by atomic mass is 10.1. The number of hydrogen-bond donors (Lipinski definition) is 3. The van der Waals surface area contributed by atoms with E-state index in [9.17, 15) is 43.2 Å². The molecule has 5 atom stereocenters. The van der Waals surface area contributed by atoms with E-state index in [0.29, 0.717) is 25.7 Å². The number of hydrogen-bond acceptors (Lipinski definition) is 15. The number of esters is 4. The molecule has 568 valence electrons. The Balaban J connectivity index is 5.37. The molecule has 3 N–H and O–H groups in total. The maximum Gasteiger partial charge on any atom is 0.472 e. The van der Waals surface area contributed by atoms with Crippen LogP contribution in [0.4, 0.5) is 0 Å². The van der Waals surface area contributed by atoms with E-state index in [1.807, 2.05) is 0 Å². The standard InChI is InChI=1S/C79H140O17P2/c1-5-9-13-17-21-25-29-33-36-40-43-47-51-55-59-63-76(81)89-69-74(95-78(83)65-61-57-53-49-45-39-32-28-24-20-16-12-8-4)71-93-97(85,86)91-67-73(80)68-92-98(87,88)94-72-75(96-79(84)66-62-58-54-50-46-42-38-35-31-27-23-19-15-11-7-3)70-90-77(82)64-60-56-52-48-44-41-37-34-30-26-22-18-14-10-6-2/h21-23,25-28,32-38,73-75,80H,5-20,24,29-31,39-72H2,1-4H3,(H,85,86)(H,87,88)/b25-21-,26-22-,27-23-,32-28-,36-33-,37-34-,38-35-/t73-,74+,75+/m0/s1. The van der Waals surface area contributed by atoms with Crippen molar-refractivity contribution in [3.63, 3.8) is 0 Å². The molecular formula is C79H140O17P2. The van der Waals surface area contributed by atoms with Crippen LogP contribution in [0.25, 0.3) is 0 Å². The largest absolute Gasteiger partial charge is 0.472 e. The summed E-state index contributed by atoms with van der Waals surface area (Å²) in [6.45, 7) is 4.75. The van der Waals surface area contributed by atoms with E-state index in [-0.39, 0.29) is 25.7 Å². The van der Waals surface area contributed by atoms with Gasteiger partial charge in [-0.3, -0.25) is 37.3 Å². The van der Waals surface area contributed by atoms with Gasteiger partial charge in [0.05, 0.1) is 26.4 Å². The average Bonchev–Trinajstić information content (AvgIpc) is 1.04. The zero-order chi connectivity index (χ0) is 71.8. The molecule has 0 saturated heterocycles. The highest BCUT2D eigenvalue weighted by Crippen LogP contribution is 2.45. The van der Waals surface area contributed by atoms with Crippen molar-refractivity contribution in [2.75, 3.05) is 39.6 Å². The first-order valence-electron chi connectivity index (χ1n) is 38.8. The Morgan fingerprint density at radius 2 is 0.500 bits per heavy atom. The highest BCUT2D eigenvalue weighted by atomic mass is 31.2. The van der Waals surface area contributed by atoms with E-state index < -0.39 is 97.5 Å². The van der Waals surface area contributed by atoms with Crippen LogP contribution in [0, 0.1) is 0 Å². The second kappa shape index (κ2) is 71.6. The molecule has 0 aliphatic carbocycles. The van der Waals surface area contributed by atoms with Gasteiger partial charge >= 0.3 is 39.5 Å². The first kappa shape index (κ1) is 94.2. The Labute approximate surface area is 595 Å². The molecule has 0 aromatic carbocycles. The Kier molecular flexibility index (Phi) is 68.9. The molecule has 0 spiro atoms. The van der Waals surface area contributed by atoms with Gasteiger partial charge < -0.3 is 33.8 Å². The van der Waals surface area contributed by atoms with Crippen LogP contribution in [0.2, 0.25) is 0 Å². The minimum atomic E-state index is -4.98.